The van der Waals surface area contributed by atoms with Crippen LogP contribution in [0, 0.1) is 23.1 Å². The SMILES string of the molecule is CC(Oc1ccc2c(c1)CCC1C2CCC2(C)C(c3cncc(F)c3)=CCC12)C(N)=O. The van der Waals surface area contributed by atoms with Crippen LogP contribution < -0.4 is 10.5 Å². The molecule has 4 nitrogen and oxygen atoms in total. The van der Waals surface area contributed by atoms with Crippen LogP contribution in [0.1, 0.15) is 62.1 Å². The summed E-state index contributed by atoms with van der Waals surface area (Å²) in [5, 5.41) is 0. The van der Waals surface area contributed by atoms with Crippen molar-refractivity contribution >= 4 is 11.5 Å². The van der Waals surface area contributed by atoms with Crippen LogP contribution in [0.25, 0.3) is 5.57 Å². The first-order valence-corrected chi connectivity index (χ1v) is 11.3. The van der Waals surface area contributed by atoms with Gasteiger partial charge in [0.25, 0.3) is 5.91 Å². The van der Waals surface area contributed by atoms with Crippen LogP contribution in [0.5, 0.6) is 5.75 Å². The van der Waals surface area contributed by atoms with E-state index in [4.69, 9.17) is 10.5 Å². The Balaban J connectivity index is 1.39. The van der Waals surface area contributed by atoms with Crippen LogP contribution in [0.15, 0.2) is 42.7 Å². The van der Waals surface area contributed by atoms with Gasteiger partial charge in [0, 0.05) is 6.20 Å². The standard InChI is InChI=1S/C26H29FN2O2/c1-15(25(28)30)31-19-4-6-20-16(12-19)3-5-22-21(20)9-10-26(2)23(7-8-24(22)26)17-11-18(27)14-29-13-17/h4,6-7,11-15,21-22,24H,3,5,8-10H2,1-2H3,(H2,28,30). The molecule has 5 rings (SSSR count). The maximum atomic E-state index is 13.8. The first kappa shape index (κ1) is 20.2. The molecule has 5 unspecified atom stereocenters. The average molecular weight is 421 g/mol. The number of hydrogen-bond donors (Lipinski definition) is 1. The van der Waals surface area contributed by atoms with E-state index >= 15 is 0 Å². The molecule has 2 aromatic rings. The first-order valence-electron chi connectivity index (χ1n) is 11.3. The molecule has 1 heterocycles. The van der Waals surface area contributed by atoms with Crippen molar-refractivity contribution in [3.63, 3.8) is 0 Å². The van der Waals surface area contributed by atoms with E-state index in [1.54, 1.807) is 19.2 Å². The topological polar surface area (TPSA) is 65.2 Å². The Bertz CT molecular complexity index is 1070. The highest BCUT2D eigenvalue weighted by molar-refractivity contribution is 5.78. The lowest BCUT2D eigenvalue weighted by Gasteiger charge is -2.50. The summed E-state index contributed by atoms with van der Waals surface area (Å²) in [6, 6.07) is 7.89. The van der Waals surface area contributed by atoms with Gasteiger partial charge in [-0.3, -0.25) is 9.78 Å². The van der Waals surface area contributed by atoms with Crippen molar-refractivity contribution in [2.75, 3.05) is 0 Å². The van der Waals surface area contributed by atoms with Crippen LogP contribution in [-0.2, 0) is 11.2 Å². The number of amides is 1. The lowest BCUT2D eigenvalue weighted by Crippen LogP contribution is -2.41. The second-order valence-electron chi connectivity index (χ2n) is 9.64. The van der Waals surface area contributed by atoms with Crippen LogP contribution in [0.3, 0.4) is 0 Å². The van der Waals surface area contributed by atoms with Gasteiger partial charge in [-0.05, 0) is 103 Å². The van der Waals surface area contributed by atoms with E-state index < -0.39 is 12.0 Å². The third kappa shape index (κ3) is 3.35. The minimum atomic E-state index is -0.634. The van der Waals surface area contributed by atoms with Gasteiger partial charge in [-0.15, -0.1) is 0 Å². The number of rotatable bonds is 4. The number of benzene rings is 1. The number of allylic oxidation sites excluding steroid dienone is 2. The molecule has 0 spiro atoms. The molecule has 1 aromatic heterocycles. The van der Waals surface area contributed by atoms with Crippen molar-refractivity contribution < 1.29 is 13.9 Å². The fourth-order valence-electron chi connectivity index (χ4n) is 6.47. The molecule has 5 heteroatoms. The number of hydrogen-bond acceptors (Lipinski definition) is 3. The first-order chi connectivity index (χ1) is 14.9. The molecule has 2 N–H and O–H groups in total. The second kappa shape index (κ2) is 7.47. The molecule has 1 amide bonds. The number of ether oxygens (including phenoxy) is 1. The molecule has 0 bridgehead atoms. The minimum Gasteiger partial charge on any atom is -0.481 e. The summed E-state index contributed by atoms with van der Waals surface area (Å²) in [6.07, 6.45) is 10.2. The fraction of sp³-hybridized carbons (Fsp3) is 0.462. The zero-order valence-electron chi connectivity index (χ0n) is 18.1. The summed E-state index contributed by atoms with van der Waals surface area (Å²) < 4.78 is 19.6. The maximum absolute atomic E-state index is 13.8. The molecule has 162 valence electrons. The second-order valence-corrected chi connectivity index (χ2v) is 9.64. The molecule has 1 saturated carbocycles. The van der Waals surface area contributed by atoms with E-state index in [1.807, 2.05) is 6.07 Å². The molecule has 0 saturated heterocycles. The van der Waals surface area contributed by atoms with Crippen molar-refractivity contribution in [1.29, 1.82) is 0 Å². The summed E-state index contributed by atoms with van der Waals surface area (Å²) in [7, 11) is 0. The number of carbonyl (C=O) groups excluding carboxylic acids is 1. The molecule has 31 heavy (non-hydrogen) atoms. The van der Waals surface area contributed by atoms with E-state index in [1.165, 1.54) is 22.9 Å². The van der Waals surface area contributed by atoms with Gasteiger partial charge >= 0.3 is 0 Å². The minimum absolute atomic E-state index is 0.0775. The number of aryl methyl sites for hydroxylation is 1. The Kier molecular flexibility index (Phi) is 4.87. The summed E-state index contributed by atoms with van der Waals surface area (Å²) in [5.41, 5.74) is 10.4. The van der Waals surface area contributed by atoms with Crippen LogP contribution in [-0.4, -0.2) is 17.0 Å². The average Bonchev–Trinajstić information content (AvgIpc) is 3.10. The van der Waals surface area contributed by atoms with E-state index in [2.05, 4.69) is 30.1 Å². The van der Waals surface area contributed by atoms with Crippen LogP contribution in [0.4, 0.5) is 4.39 Å². The number of halogens is 1. The number of nitrogens with two attached hydrogens (primary N) is 1. The molecule has 3 aliphatic carbocycles. The van der Waals surface area contributed by atoms with Crippen LogP contribution >= 0.6 is 0 Å². The molecule has 3 aliphatic rings. The highest BCUT2D eigenvalue weighted by Gasteiger charge is 2.52. The molecule has 0 radical (unpaired) electrons. The number of carbonyl (C=O) groups is 1. The zero-order valence-corrected chi connectivity index (χ0v) is 18.1. The van der Waals surface area contributed by atoms with E-state index in [-0.39, 0.29) is 11.2 Å². The summed E-state index contributed by atoms with van der Waals surface area (Å²) in [5.74, 6) is 1.73. The zero-order chi connectivity index (χ0) is 21.8. The number of nitrogens with zero attached hydrogens (tertiary/aromatic N) is 1. The number of fused-ring (bicyclic) bond motifs is 5. The van der Waals surface area contributed by atoms with Crippen molar-refractivity contribution in [3.8, 4) is 5.75 Å². The smallest absolute Gasteiger partial charge is 0.258 e. The highest BCUT2D eigenvalue weighted by atomic mass is 19.1. The Morgan fingerprint density at radius 1 is 1.29 bits per heavy atom. The van der Waals surface area contributed by atoms with Gasteiger partial charge in [0.05, 0.1) is 6.20 Å². The summed E-state index contributed by atoms with van der Waals surface area (Å²) >= 11 is 0. The molecule has 5 atom stereocenters. The van der Waals surface area contributed by atoms with E-state index in [0.717, 1.165) is 37.7 Å². The normalized spacial score (nSPS) is 29.9. The third-order valence-corrected chi connectivity index (χ3v) is 8.01. The molecular formula is C26H29FN2O2. The van der Waals surface area contributed by atoms with Gasteiger partial charge in [-0.1, -0.05) is 19.1 Å². The van der Waals surface area contributed by atoms with E-state index in [9.17, 15) is 9.18 Å². The molecule has 1 aromatic carbocycles. The van der Waals surface area contributed by atoms with Gasteiger partial charge in [0.2, 0.25) is 0 Å². The predicted octanol–water partition coefficient (Wildman–Crippen LogP) is 5.02. The van der Waals surface area contributed by atoms with Gasteiger partial charge in [0.15, 0.2) is 6.10 Å². The Labute approximate surface area is 182 Å². The maximum Gasteiger partial charge on any atom is 0.258 e. The van der Waals surface area contributed by atoms with Crippen LogP contribution in [0.2, 0.25) is 0 Å². The fourth-order valence-corrected chi connectivity index (χ4v) is 6.47. The van der Waals surface area contributed by atoms with Gasteiger partial charge < -0.3 is 10.5 Å². The van der Waals surface area contributed by atoms with Gasteiger partial charge in [-0.2, -0.15) is 0 Å². The van der Waals surface area contributed by atoms with Gasteiger partial charge in [-0.25, -0.2) is 4.39 Å². The highest BCUT2D eigenvalue weighted by Crippen LogP contribution is 2.63. The monoisotopic (exact) mass is 420 g/mol. The predicted molar refractivity (Wildman–Crippen MR) is 118 cm³/mol. The van der Waals surface area contributed by atoms with Crippen molar-refractivity contribution in [2.24, 2.45) is 23.0 Å². The van der Waals surface area contributed by atoms with Crippen molar-refractivity contribution in [2.45, 2.75) is 58.0 Å². The number of pyridine rings is 1. The van der Waals surface area contributed by atoms with E-state index in [0.29, 0.717) is 23.5 Å². The summed E-state index contributed by atoms with van der Waals surface area (Å²) in [4.78, 5) is 15.4. The largest absolute Gasteiger partial charge is 0.481 e. The number of aromatic nitrogens is 1. The number of primary amides is 1. The Morgan fingerprint density at radius 3 is 2.90 bits per heavy atom. The van der Waals surface area contributed by atoms with Crippen molar-refractivity contribution in [3.05, 3.63) is 65.2 Å². The van der Waals surface area contributed by atoms with Crippen molar-refractivity contribution in [1.82, 2.24) is 4.98 Å². The Morgan fingerprint density at radius 2 is 2.13 bits per heavy atom. The molecule has 0 aliphatic heterocycles. The lowest BCUT2D eigenvalue weighted by molar-refractivity contribution is -0.123. The quantitative estimate of drug-likeness (QED) is 0.755. The molecular weight excluding hydrogens is 391 g/mol. The lowest BCUT2D eigenvalue weighted by atomic mass is 9.54. The molecule has 1 fully saturated rings. The van der Waals surface area contributed by atoms with Gasteiger partial charge in [0.1, 0.15) is 11.6 Å². The summed E-state index contributed by atoms with van der Waals surface area (Å²) in [6.45, 7) is 4.05. The Hall–Kier alpha value is -2.69. The third-order valence-electron chi connectivity index (χ3n) is 8.01.